The lowest BCUT2D eigenvalue weighted by Gasteiger charge is -2.25. The van der Waals surface area contributed by atoms with Crippen LogP contribution in [0.15, 0.2) is 5.18 Å². The molecular weight excluding hydrogens is 164 g/mol. The quantitative estimate of drug-likeness (QED) is 0.597. The first kappa shape index (κ1) is 12.6. The summed E-state index contributed by atoms with van der Waals surface area (Å²) in [5.41, 5.74) is -0.422. The highest BCUT2D eigenvalue weighted by Crippen LogP contribution is 2.23. The minimum absolute atomic E-state index is 0.346. The highest BCUT2D eigenvalue weighted by atomic mass is 16.3. The Morgan fingerprint density at radius 3 is 2.38 bits per heavy atom. The number of nitroso groups, excluding NO2 is 1. The van der Waals surface area contributed by atoms with Gasteiger partial charge in [-0.3, -0.25) is 0 Å². The molecule has 0 heterocycles. The summed E-state index contributed by atoms with van der Waals surface area (Å²) < 4.78 is 0. The molecule has 1 atom stereocenters. The molecule has 0 aromatic carbocycles. The van der Waals surface area contributed by atoms with Crippen molar-refractivity contribution in [2.45, 2.75) is 39.7 Å². The molecule has 0 aliphatic carbocycles. The number of nitrogens with zero attached hydrogens (tertiary/aromatic N) is 2. The zero-order valence-electron chi connectivity index (χ0n) is 9.50. The van der Waals surface area contributed by atoms with Gasteiger partial charge in [0.15, 0.2) is 0 Å². The molecule has 78 valence electrons. The smallest absolute Gasteiger partial charge is 0.0996 e. The van der Waals surface area contributed by atoms with Crippen LogP contribution in [0.5, 0.6) is 0 Å². The fraction of sp³-hybridized carbons (Fsp3) is 1.00. The second kappa shape index (κ2) is 5.32. The van der Waals surface area contributed by atoms with Crippen LogP contribution in [-0.4, -0.2) is 30.6 Å². The largest absolute Gasteiger partial charge is 0.307 e. The first-order valence-corrected chi connectivity index (χ1v) is 4.97. The van der Waals surface area contributed by atoms with Crippen molar-refractivity contribution in [3.63, 3.8) is 0 Å². The maximum Gasteiger partial charge on any atom is 0.0996 e. The Hall–Kier alpha value is -0.440. The molecule has 0 aliphatic rings. The van der Waals surface area contributed by atoms with Crippen LogP contribution in [0.2, 0.25) is 0 Å². The van der Waals surface area contributed by atoms with Gasteiger partial charge in [0.25, 0.3) is 0 Å². The van der Waals surface area contributed by atoms with E-state index in [0.717, 1.165) is 19.5 Å². The first-order valence-electron chi connectivity index (χ1n) is 4.97. The van der Waals surface area contributed by atoms with E-state index in [4.69, 9.17) is 0 Å². The molecule has 0 bridgehead atoms. The number of hydrogen-bond acceptors (Lipinski definition) is 3. The summed E-state index contributed by atoms with van der Waals surface area (Å²) in [4.78, 5) is 12.8. The molecule has 1 unspecified atom stereocenters. The summed E-state index contributed by atoms with van der Waals surface area (Å²) in [6.07, 6.45) is 1.03. The van der Waals surface area contributed by atoms with Crippen molar-refractivity contribution in [1.82, 2.24) is 4.90 Å². The molecule has 0 N–H and O–H groups in total. The average Bonchev–Trinajstić information content (AvgIpc) is 2.13. The molecule has 0 radical (unpaired) electrons. The Kier molecular flexibility index (Phi) is 5.14. The van der Waals surface area contributed by atoms with Crippen LogP contribution in [0.3, 0.4) is 0 Å². The molecule has 0 aromatic rings. The van der Waals surface area contributed by atoms with Crippen LogP contribution in [0, 0.1) is 10.8 Å². The van der Waals surface area contributed by atoms with Gasteiger partial charge in [0, 0.05) is 0 Å². The van der Waals surface area contributed by atoms with Crippen LogP contribution < -0.4 is 0 Å². The van der Waals surface area contributed by atoms with Crippen LogP contribution >= 0.6 is 0 Å². The van der Waals surface area contributed by atoms with Gasteiger partial charge in [-0.2, -0.15) is 4.91 Å². The topological polar surface area (TPSA) is 32.7 Å². The van der Waals surface area contributed by atoms with Crippen molar-refractivity contribution in [2.75, 3.05) is 20.1 Å². The predicted octanol–water partition coefficient (Wildman–Crippen LogP) is 2.51. The number of hydrogen-bond donors (Lipinski definition) is 0. The zero-order chi connectivity index (χ0) is 10.5. The lowest BCUT2D eigenvalue weighted by atomic mass is 9.87. The molecule has 0 saturated carbocycles. The van der Waals surface area contributed by atoms with Gasteiger partial charge in [-0.15, -0.1) is 0 Å². The highest BCUT2D eigenvalue weighted by molar-refractivity contribution is 4.83. The van der Waals surface area contributed by atoms with Gasteiger partial charge in [0.05, 0.1) is 5.54 Å². The summed E-state index contributed by atoms with van der Waals surface area (Å²) in [6.45, 7) is 10.1. The molecule has 0 fully saturated rings. The first-order chi connectivity index (χ1) is 5.94. The molecule has 0 amide bonds. The van der Waals surface area contributed by atoms with E-state index in [1.807, 2.05) is 13.8 Å². The van der Waals surface area contributed by atoms with Crippen LogP contribution in [0.1, 0.15) is 34.1 Å². The molecule has 0 saturated heterocycles. The molecule has 13 heavy (non-hydrogen) atoms. The third-order valence-corrected chi connectivity index (χ3v) is 2.92. The molecule has 3 nitrogen and oxygen atoms in total. The van der Waals surface area contributed by atoms with Crippen molar-refractivity contribution in [3.05, 3.63) is 4.91 Å². The number of rotatable bonds is 6. The molecule has 0 rings (SSSR count). The van der Waals surface area contributed by atoms with E-state index in [9.17, 15) is 4.91 Å². The molecular formula is C10H22N2O. The third kappa shape index (κ3) is 4.36. The minimum atomic E-state index is -0.422. The second-order valence-corrected chi connectivity index (χ2v) is 4.33. The standard InChI is InChI=1S/C10H22N2O/c1-6-12(5)8-7-9(2)10(3,4)11-13/h9H,6-8H2,1-5H3. The monoisotopic (exact) mass is 186 g/mol. The lowest BCUT2D eigenvalue weighted by Crippen LogP contribution is -2.30. The minimum Gasteiger partial charge on any atom is -0.307 e. The van der Waals surface area contributed by atoms with Crippen LogP contribution in [0.4, 0.5) is 0 Å². The maximum absolute atomic E-state index is 10.5. The lowest BCUT2D eigenvalue weighted by molar-refractivity contribution is 0.265. The Balaban J connectivity index is 3.86. The third-order valence-electron chi connectivity index (χ3n) is 2.92. The molecule has 0 spiro atoms. The normalized spacial score (nSPS) is 14.6. The highest BCUT2D eigenvalue weighted by Gasteiger charge is 2.26. The summed E-state index contributed by atoms with van der Waals surface area (Å²) in [5, 5.41) is 3.16. The predicted molar refractivity (Wildman–Crippen MR) is 56.8 cm³/mol. The second-order valence-electron chi connectivity index (χ2n) is 4.33. The van der Waals surface area contributed by atoms with Gasteiger partial charge in [0.1, 0.15) is 0 Å². The van der Waals surface area contributed by atoms with E-state index in [2.05, 4.69) is 31.0 Å². The fourth-order valence-electron chi connectivity index (χ4n) is 1.02. The Bertz CT molecular complexity index is 157. The maximum atomic E-state index is 10.5. The van der Waals surface area contributed by atoms with Gasteiger partial charge >= 0.3 is 0 Å². The van der Waals surface area contributed by atoms with E-state index in [0.29, 0.717) is 5.92 Å². The van der Waals surface area contributed by atoms with Crippen LogP contribution in [-0.2, 0) is 0 Å². The van der Waals surface area contributed by atoms with Gasteiger partial charge < -0.3 is 4.90 Å². The van der Waals surface area contributed by atoms with Crippen molar-refractivity contribution in [1.29, 1.82) is 0 Å². The van der Waals surface area contributed by atoms with E-state index >= 15 is 0 Å². The molecule has 3 heteroatoms. The van der Waals surface area contributed by atoms with Gasteiger partial charge in [-0.1, -0.05) is 19.0 Å². The molecule has 0 aliphatic heterocycles. The van der Waals surface area contributed by atoms with E-state index in [1.165, 1.54) is 0 Å². The van der Waals surface area contributed by atoms with E-state index in [-0.39, 0.29) is 0 Å². The van der Waals surface area contributed by atoms with Crippen molar-refractivity contribution in [3.8, 4) is 0 Å². The summed E-state index contributed by atoms with van der Waals surface area (Å²) in [6, 6.07) is 0. The van der Waals surface area contributed by atoms with Crippen molar-refractivity contribution < 1.29 is 0 Å². The summed E-state index contributed by atoms with van der Waals surface area (Å²) >= 11 is 0. The van der Waals surface area contributed by atoms with Gasteiger partial charge in [-0.05, 0) is 46.3 Å². The van der Waals surface area contributed by atoms with Gasteiger partial charge in [0.2, 0.25) is 0 Å². The fourth-order valence-corrected chi connectivity index (χ4v) is 1.02. The van der Waals surface area contributed by atoms with Crippen molar-refractivity contribution >= 4 is 0 Å². The Morgan fingerprint density at radius 2 is 2.00 bits per heavy atom. The van der Waals surface area contributed by atoms with E-state index < -0.39 is 5.54 Å². The van der Waals surface area contributed by atoms with E-state index in [1.54, 1.807) is 0 Å². The van der Waals surface area contributed by atoms with Gasteiger partial charge in [-0.25, -0.2) is 0 Å². The summed E-state index contributed by atoms with van der Waals surface area (Å²) in [5.74, 6) is 0.346. The van der Waals surface area contributed by atoms with Crippen LogP contribution in [0.25, 0.3) is 0 Å². The average molecular weight is 186 g/mol. The Morgan fingerprint density at radius 1 is 1.46 bits per heavy atom. The SMILES string of the molecule is CCN(C)CCC(C)C(C)(C)N=O. The Labute approximate surface area is 81.5 Å². The van der Waals surface area contributed by atoms with Crippen molar-refractivity contribution in [2.24, 2.45) is 11.1 Å². The molecule has 0 aromatic heterocycles. The zero-order valence-corrected chi connectivity index (χ0v) is 9.50. The summed E-state index contributed by atoms with van der Waals surface area (Å²) in [7, 11) is 2.09.